The van der Waals surface area contributed by atoms with E-state index in [2.05, 4.69) is 21.7 Å². The van der Waals surface area contributed by atoms with Crippen LogP contribution in [0.5, 0.6) is 5.75 Å². The van der Waals surface area contributed by atoms with Crippen LogP contribution >= 0.6 is 0 Å². The Morgan fingerprint density at radius 2 is 0.808 bits per heavy atom. The molecule has 0 bridgehead atoms. The van der Waals surface area contributed by atoms with Crippen molar-refractivity contribution < 1.29 is 109 Å². The number of aromatic hydroxyl groups is 1. The van der Waals surface area contributed by atoms with Gasteiger partial charge in [-0.3, -0.25) is 63.6 Å². The molecule has 1 amide bonds. The third-order valence-electron chi connectivity index (χ3n) is 13.2. The predicted octanol–water partition coefficient (Wildman–Crippen LogP) is -3.65. The van der Waals surface area contributed by atoms with Gasteiger partial charge in [-0.15, -0.1) is 0 Å². The summed E-state index contributed by atoms with van der Waals surface area (Å²) in [5, 5.41) is 114. The molecule has 2 aromatic carbocycles. The first-order valence-corrected chi connectivity index (χ1v) is 32.7. The summed E-state index contributed by atoms with van der Waals surface area (Å²) in [6, 6.07) is 8.07. The Kier molecular flexibility index (Phi) is 70.5. The van der Waals surface area contributed by atoms with Crippen LogP contribution in [0.2, 0.25) is 0 Å². The number of nitrogens with one attached hydrogen (secondary N) is 5. The Morgan fingerprint density at radius 1 is 0.471 bits per heavy atom. The highest BCUT2D eigenvalue weighted by molar-refractivity contribution is 5.83. The maximum absolute atomic E-state index is 10.4. The number of carboxylic acid groups (broad SMARTS) is 10. The number of aliphatic carboxylic acids is 10. The normalized spacial score (nSPS) is 14.2. The van der Waals surface area contributed by atoms with Crippen molar-refractivity contribution in [3.8, 4) is 5.75 Å². The molecule has 600 valence electrons. The monoisotopic (exact) mass is 1500 g/mol. The fourth-order valence-corrected chi connectivity index (χ4v) is 6.84. The number of hydrogen-bond acceptors (Lipinski definition) is 26. The molecule has 0 aliphatic carbocycles. The molecule has 0 unspecified atom stereocenters. The number of amides is 1. The quantitative estimate of drug-likeness (QED) is 0.0178. The minimum atomic E-state index is -1.21. The van der Waals surface area contributed by atoms with Crippen molar-refractivity contribution in [1.29, 1.82) is 10.8 Å². The summed E-state index contributed by atoms with van der Waals surface area (Å²) in [4.78, 5) is 112. The zero-order valence-electron chi connectivity index (χ0n) is 59.7. The fourth-order valence-electron chi connectivity index (χ4n) is 6.84. The summed E-state index contributed by atoms with van der Waals surface area (Å²) < 4.78 is 0. The molecule has 1 aliphatic heterocycles. The van der Waals surface area contributed by atoms with E-state index >= 15 is 0 Å². The maximum Gasteiger partial charge on any atom is 0.321 e. The van der Waals surface area contributed by atoms with Crippen molar-refractivity contribution in [2.75, 3.05) is 32.7 Å². The van der Waals surface area contributed by atoms with Gasteiger partial charge in [-0.05, 0) is 138 Å². The lowest BCUT2D eigenvalue weighted by Crippen LogP contribution is -2.36. The maximum atomic E-state index is 10.4. The van der Waals surface area contributed by atoms with Crippen molar-refractivity contribution in [1.82, 2.24) is 16.0 Å². The minimum absolute atomic E-state index is 0.0718. The summed E-state index contributed by atoms with van der Waals surface area (Å²) in [5.74, 6) is -9.95. The average Bonchev–Trinajstić information content (AvgIpc) is 1.22. The lowest BCUT2D eigenvalue weighted by molar-refractivity contribution is -0.140. The van der Waals surface area contributed by atoms with Gasteiger partial charge in [0.15, 0.2) is 11.9 Å². The van der Waals surface area contributed by atoms with E-state index in [0.29, 0.717) is 83.5 Å². The summed E-state index contributed by atoms with van der Waals surface area (Å²) in [5.41, 5.74) is 73.7. The molecule has 44 N–H and O–H groups in total. The number of primary amides is 1. The molecule has 0 radical (unpaired) electrons. The van der Waals surface area contributed by atoms with Crippen molar-refractivity contribution >= 4 is 77.5 Å². The van der Waals surface area contributed by atoms with Crippen molar-refractivity contribution in [2.45, 2.75) is 197 Å². The molecule has 2 aromatic rings. The van der Waals surface area contributed by atoms with Crippen LogP contribution < -0.4 is 96.2 Å². The van der Waals surface area contributed by atoms with Gasteiger partial charge in [0, 0.05) is 13.1 Å². The number of phenolic OH excluding ortho intramolecular Hbond substituents is 1. The van der Waals surface area contributed by atoms with Gasteiger partial charge in [0.05, 0.1) is 6.42 Å². The smallest absolute Gasteiger partial charge is 0.321 e. The number of guanidine groups is 2. The number of nitrogens with two attached hydrogens (primary N) is 14. The molecule has 0 saturated carbocycles. The van der Waals surface area contributed by atoms with Crippen LogP contribution in [0.15, 0.2) is 54.6 Å². The van der Waals surface area contributed by atoms with Crippen LogP contribution in [-0.4, -0.2) is 227 Å². The Bertz CT molecular complexity index is 2640. The fraction of sp³-hybridized carbons (Fsp3) is 0.603. The molecular weight excluding hydrogens is 1370 g/mol. The lowest BCUT2D eigenvalue weighted by atomic mass is 10.0. The van der Waals surface area contributed by atoms with E-state index in [4.69, 9.17) is 142 Å². The Morgan fingerprint density at radius 3 is 1.03 bits per heavy atom. The Labute approximate surface area is 604 Å². The molecule has 1 aliphatic rings. The van der Waals surface area contributed by atoms with Crippen LogP contribution in [0.25, 0.3) is 0 Å². The number of benzene rings is 2. The topological polar surface area (TPSA) is 858 Å². The number of unbranched alkanes of at least 4 members (excludes halogenated alkanes) is 2. The van der Waals surface area contributed by atoms with Gasteiger partial charge in [-0.1, -0.05) is 89.4 Å². The molecule has 104 heavy (non-hydrogen) atoms. The number of carbonyl (C=O) groups is 11. The highest BCUT2D eigenvalue weighted by atomic mass is 16.4. The van der Waals surface area contributed by atoms with Crippen molar-refractivity contribution in [3.05, 3.63) is 65.7 Å². The Balaban J connectivity index is -0.000000202. The molecular formula is C63H121N19O22. The summed E-state index contributed by atoms with van der Waals surface area (Å²) in [7, 11) is 0. The van der Waals surface area contributed by atoms with Crippen LogP contribution in [-0.2, 0) is 65.6 Å². The molecule has 41 nitrogen and oxygen atoms in total. The predicted molar refractivity (Wildman–Crippen MR) is 388 cm³/mol. The van der Waals surface area contributed by atoms with Crippen LogP contribution in [0, 0.1) is 22.7 Å². The second-order valence-electron chi connectivity index (χ2n) is 23.2. The summed E-state index contributed by atoms with van der Waals surface area (Å²) in [6.45, 7) is 10.7. The largest absolute Gasteiger partial charge is 0.508 e. The van der Waals surface area contributed by atoms with Crippen molar-refractivity contribution in [2.24, 2.45) is 92.1 Å². The first-order chi connectivity index (χ1) is 48.2. The summed E-state index contributed by atoms with van der Waals surface area (Å²) >= 11 is 0. The van der Waals surface area contributed by atoms with E-state index in [-0.39, 0.29) is 42.5 Å². The summed E-state index contributed by atoms with van der Waals surface area (Å²) in [6.07, 6.45) is 9.77. The van der Waals surface area contributed by atoms with Gasteiger partial charge in [-0.25, -0.2) is 0 Å². The zero-order chi connectivity index (χ0) is 82.2. The molecule has 1 heterocycles. The highest BCUT2D eigenvalue weighted by Gasteiger charge is 2.21. The van der Waals surface area contributed by atoms with Gasteiger partial charge in [0.2, 0.25) is 5.91 Å². The van der Waals surface area contributed by atoms with Crippen LogP contribution in [0.3, 0.4) is 0 Å². The first kappa shape index (κ1) is 108. The van der Waals surface area contributed by atoms with Gasteiger partial charge in [0.25, 0.3) is 0 Å². The Hall–Kier alpha value is -9.53. The molecule has 1 saturated heterocycles. The number of carbonyl (C=O) groups excluding carboxylic acids is 1. The minimum Gasteiger partial charge on any atom is -0.508 e. The SMILES string of the molecule is CC(C)C[C@H](N)C(=O)O.CC[C@H](C)[C@H](N)C(=O)O.N=C(N)NCCC[C@H](N)C(=O)O.N=C(N)NCCC[C@H](N)C(=O)O.NC(=O)C[C@H](N)C(=O)O.NCCCC[C@H](N)C(=O)O.NCCCC[C@H](N)C(=O)O.N[C@@H](Cc1ccc(O)cc1)C(=O)O.N[C@@H](Cc1ccccc1)C(=O)O.O=C(O)[C@@H]1CCCN1. The van der Waals surface area contributed by atoms with E-state index in [1.54, 1.807) is 12.1 Å². The highest BCUT2D eigenvalue weighted by Crippen LogP contribution is 2.11. The molecule has 0 spiro atoms. The first-order valence-electron chi connectivity index (χ1n) is 32.7. The van der Waals surface area contributed by atoms with E-state index in [1.807, 2.05) is 58.0 Å². The third kappa shape index (κ3) is 75.1. The molecule has 3 rings (SSSR count). The van der Waals surface area contributed by atoms with Gasteiger partial charge >= 0.3 is 59.7 Å². The third-order valence-corrected chi connectivity index (χ3v) is 13.2. The van der Waals surface area contributed by atoms with Gasteiger partial charge in [-0.2, -0.15) is 0 Å². The number of hydrogen-bond donors (Lipinski definition) is 30. The number of phenols is 1. The zero-order valence-corrected chi connectivity index (χ0v) is 59.7. The molecule has 1 fully saturated rings. The van der Waals surface area contributed by atoms with E-state index < -0.39 is 120 Å². The number of rotatable bonds is 36. The standard InChI is InChI=1S/C9H11NO3.C9H11NO2.2C6H14N4O2.2C6H14N2O2.2C6H13NO2.C5H9NO2.C4H8N2O3/c10-8(9(12)13)5-6-1-3-7(11)4-2-6;10-8(9(11)12)6-7-4-2-1-3-5-7;2*7-4(5(11)12)2-1-3-10-6(8)9;2*7-4-2-1-3-5(8)6(9)10;1-4(2)3-5(7)6(8)9;1-3-4(2)5(7)6(8)9;7-5(8)4-2-1-3-6-4;5-2(4(8)9)1-3(6)7/h1-4,8,11H,5,10H2,(H,12,13);1-5,8H,6,10H2,(H,11,12);2*4H,1-3,7H2,(H,11,12)(H4,8,9,10);2*5H,1-4,7-8H2,(H,9,10);2*4-5H,3,7H2,1-2H3,(H,8,9);4,6H,1-3H2,(H,7,8);2H,1,5H2,(H2,6,7)(H,8,9)/t2*8-;2*4-;3*5-;4-,5-;4-;2-/m0000000000/s1. The van der Waals surface area contributed by atoms with Crippen LogP contribution in [0.4, 0.5) is 0 Å². The van der Waals surface area contributed by atoms with E-state index in [1.165, 1.54) is 12.1 Å². The number of carboxylic acids is 10. The average molecular weight is 1500 g/mol. The second-order valence-corrected chi connectivity index (χ2v) is 23.2. The van der Waals surface area contributed by atoms with Gasteiger partial charge < -0.3 is 152 Å². The van der Waals surface area contributed by atoms with E-state index in [9.17, 15) is 52.7 Å². The lowest BCUT2D eigenvalue weighted by Gasteiger charge is -2.11. The second kappa shape index (κ2) is 67.9. The molecule has 41 heteroatoms. The molecule has 0 aromatic heterocycles. The van der Waals surface area contributed by atoms with Crippen LogP contribution in [0.1, 0.15) is 135 Å². The van der Waals surface area contributed by atoms with Gasteiger partial charge in [0.1, 0.15) is 66.2 Å². The van der Waals surface area contributed by atoms with E-state index in [0.717, 1.165) is 62.6 Å². The van der Waals surface area contributed by atoms with Crippen molar-refractivity contribution in [3.63, 3.8) is 0 Å². The molecule has 11 atom stereocenters.